The number of nitrogens with zero attached hydrogens (tertiary/aromatic N) is 4. The zero-order valence-corrected chi connectivity index (χ0v) is 26.6. The highest BCUT2D eigenvalue weighted by atomic mass is 35.5. The summed E-state index contributed by atoms with van der Waals surface area (Å²) in [5.74, 6) is -4.74. The predicted octanol–water partition coefficient (Wildman–Crippen LogP) is 3.64. The fraction of sp³-hybridized carbons (Fsp3) is 0.517. The van der Waals surface area contributed by atoms with Crippen LogP contribution >= 0.6 is 11.6 Å². The summed E-state index contributed by atoms with van der Waals surface area (Å²) >= 11 is 5.96. The molecule has 5 rings (SSSR count). The molecule has 0 spiro atoms. The first-order valence-corrected chi connectivity index (χ1v) is 15.0. The fourth-order valence-corrected chi connectivity index (χ4v) is 5.52. The number of carbonyl (C=O) groups is 3. The molecule has 1 saturated heterocycles. The number of benzene rings is 1. The van der Waals surface area contributed by atoms with Crippen LogP contribution in [0.2, 0.25) is 5.28 Å². The molecule has 19 heteroatoms. The Morgan fingerprint density at radius 3 is 2.27 bits per heavy atom. The third-order valence-electron chi connectivity index (χ3n) is 7.62. The van der Waals surface area contributed by atoms with Crippen LogP contribution in [0, 0.1) is 5.92 Å². The molecule has 1 aliphatic heterocycles. The Kier molecular flexibility index (Phi) is 9.46. The highest BCUT2D eigenvalue weighted by Gasteiger charge is 2.84. The number of nitrogen functional groups attached to an aromatic ring is 1. The van der Waals surface area contributed by atoms with Crippen molar-refractivity contribution in [2.24, 2.45) is 5.92 Å². The van der Waals surface area contributed by atoms with E-state index < -0.39 is 78.2 Å². The van der Waals surface area contributed by atoms with Crippen LogP contribution in [0.4, 0.5) is 23.4 Å². The summed E-state index contributed by atoms with van der Waals surface area (Å²) in [4.78, 5) is 52.1. The van der Waals surface area contributed by atoms with Gasteiger partial charge in [-0.05, 0) is 43.1 Å². The van der Waals surface area contributed by atoms with Gasteiger partial charge in [-0.2, -0.15) is 9.97 Å². The zero-order chi connectivity index (χ0) is 35.2. The monoisotopic (exact) mass is 703 g/mol. The number of imidazole rings is 1. The number of rotatable bonds is 12. The number of hydrogen-bond donors (Lipinski definition) is 1. The largest absolute Gasteiger partial charge is 0.573 e. The molecule has 1 aromatic carbocycles. The quantitative estimate of drug-likeness (QED) is 0.0952. The van der Waals surface area contributed by atoms with Crippen LogP contribution in [-0.4, -0.2) is 86.6 Å². The van der Waals surface area contributed by atoms with Gasteiger partial charge in [-0.3, -0.25) is 9.36 Å². The molecule has 2 N–H and O–H groups in total. The molecule has 48 heavy (non-hydrogen) atoms. The number of hydrogen-bond acceptors (Lipinski definition) is 13. The number of fused-ring (bicyclic) bond motifs is 2. The lowest BCUT2D eigenvalue weighted by atomic mass is 9.93. The minimum Gasteiger partial charge on any atom is -0.463 e. The Morgan fingerprint density at radius 2 is 1.71 bits per heavy atom. The number of nitrogens with two attached hydrogens (primary N) is 1. The first kappa shape index (κ1) is 35.0. The number of halogens is 5. The molecule has 5 atom stereocenters. The van der Waals surface area contributed by atoms with Crippen molar-refractivity contribution in [3.8, 4) is 5.75 Å². The molecule has 3 heterocycles. The van der Waals surface area contributed by atoms with Gasteiger partial charge in [-0.25, -0.2) is 19.0 Å². The van der Waals surface area contributed by atoms with Gasteiger partial charge in [-0.1, -0.05) is 26.0 Å². The first-order valence-electron chi connectivity index (χ1n) is 14.6. The Labute approximate surface area is 274 Å². The van der Waals surface area contributed by atoms with Crippen molar-refractivity contribution >= 4 is 46.5 Å². The lowest BCUT2D eigenvalue weighted by molar-refractivity contribution is -0.274. The van der Waals surface area contributed by atoms with Crippen LogP contribution in [-0.2, 0) is 44.5 Å². The van der Waals surface area contributed by atoms with Gasteiger partial charge in [0.25, 0.3) is 5.60 Å². The van der Waals surface area contributed by atoms with Gasteiger partial charge in [0.05, 0.1) is 25.5 Å². The summed E-state index contributed by atoms with van der Waals surface area (Å²) < 4.78 is 88.2. The van der Waals surface area contributed by atoms with E-state index in [1.165, 1.54) is 38.6 Å². The standard InChI is InChI=1S/C29H30ClF4N5O9/c1-5-43-24(41)27(25(42)44-6-2,11-14-7-9-15(10-8-14)46-29(32,33)34)47-19-18-28(19,48-23(40)13(3)4)17(31)22(45-18)39-12-36-16-20(35)37-26(30)38-21(16)39/h7-10,12-13,17-19,22H,5-6,11H2,1-4H3,(H2,35,37,38)/t17-,18-,19?,22-,28+/m1/s1. The third-order valence-corrected chi connectivity index (χ3v) is 7.78. The molecular formula is C29H30ClF4N5O9. The molecule has 260 valence electrons. The second kappa shape index (κ2) is 13.0. The maximum Gasteiger partial charge on any atom is 0.573 e. The summed E-state index contributed by atoms with van der Waals surface area (Å²) in [6.07, 6.45) is -11.1. The molecule has 2 aromatic heterocycles. The number of esters is 3. The lowest BCUT2D eigenvalue weighted by Gasteiger charge is -2.32. The van der Waals surface area contributed by atoms with E-state index in [1.807, 2.05) is 0 Å². The van der Waals surface area contributed by atoms with E-state index in [0.29, 0.717) is 0 Å². The Hall–Kier alpha value is -4.29. The second-order valence-corrected chi connectivity index (χ2v) is 11.5. The maximum absolute atomic E-state index is 16.7. The van der Waals surface area contributed by atoms with E-state index in [9.17, 15) is 27.6 Å². The summed E-state index contributed by atoms with van der Waals surface area (Å²) in [5.41, 5.74) is 1.24. The summed E-state index contributed by atoms with van der Waals surface area (Å²) in [5, 5.41) is -0.255. The van der Waals surface area contributed by atoms with Gasteiger partial charge in [0.15, 0.2) is 23.9 Å². The maximum atomic E-state index is 16.7. The number of ether oxygens (including phenoxy) is 6. The van der Waals surface area contributed by atoms with E-state index in [2.05, 4.69) is 19.7 Å². The number of aromatic nitrogens is 4. The molecule has 1 aliphatic carbocycles. The average molecular weight is 704 g/mol. The SMILES string of the molecule is CCOC(=O)C(Cc1ccc(OC(F)(F)F)cc1)(OC1[C@H]2O[C@@H](n3cnc4c(N)nc(Cl)nc43)[C@@H](F)[C@@]12OC(=O)C(C)C)C(=O)OCC. The van der Waals surface area contributed by atoms with Gasteiger partial charge in [0.2, 0.25) is 10.9 Å². The molecule has 14 nitrogen and oxygen atoms in total. The van der Waals surface area contributed by atoms with Crippen molar-refractivity contribution < 1.29 is 60.4 Å². The van der Waals surface area contributed by atoms with Crippen molar-refractivity contribution in [3.05, 3.63) is 41.4 Å². The highest BCUT2D eigenvalue weighted by molar-refractivity contribution is 6.28. The predicted molar refractivity (Wildman–Crippen MR) is 155 cm³/mol. The van der Waals surface area contributed by atoms with Crippen LogP contribution < -0.4 is 10.5 Å². The molecule has 1 saturated carbocycles. The minimum atomic E-state index is -4.97. The summed E-state index contributed by atoms with van der Waals surface area (Å²) in [6, 6.07) is 4.25. The number of alkyl halides is 4. The van der Waals surface area contributed by atoms with Gasteiger partial charge in [0, 0.05) is 6.42 Å². The topological polar surface area (TPSA) is 176 Å². The van der Waals surface area contributed by atoms with Crippen molar-refractivity contribution in [1.29, 1.82) is 0 Å². The van der Waals surface area contributed by atoms with Gasteiger partial charge < -0.3 is 34.2 Å². The van der Waals surface area contributed by atoms with Crippen molar-refractivity contribution in [3.63, 3.8) is 0 Å². The van der Waals surface area contributed by atoms with E-state index in [-0.39, 0.29) is 41.0 Å². The molecule has 0 amide bonds. The van der Waals surface area contributed by atoms with Crippen LogP contribution in [0.15, 0.2) is 30.6 Å². The molecule has 2 aliphatic rings. The normalized spacial score (nSPS) is 23.5. The molecule has 2 fully saturated rings. The summed E-state index contributed by atoms with van der Waals surface area (Å²) in [7, 11) is 0. The van der Waals surface area contributed by atoms with Crippen molar-refractivity contribution in [2.75, 3.05) is 18.9 Å². The highest BCUT2D eigenvalue weighted by Crippen LogP contribution is 2.60. The first-order chi connectivity index (χ1) is 22.6. The Balaban J connectivity index is 1.53. The second-order valence-electron chi connectivity index (χ2n) is 11.2. The van der Waals surface area contributed by atoms with E-state index >= 15 is 4.39 Å². The average Bonchev–Trinajstić information content (AvgIpc) is 3.23. The fourth-order valence-electron chi connectivity index (χ4n) is 5.35. The molecule has 1 unspecified atom stereocenters. The van der Waals surface area contributed by atoms with E-state index in [1.54, 1.807) is 0 Å². The van der Waals surface area contributed by atoms with Gasteiger partial charge in [0.1, 0.15) is 23.5 Å². The van der Waals surface area contributed by atoms with Crippen LogP contribution in [0.25, 0.3) is 11.2 Å². The van der Waals surface area contributed by atoms with Crippen molar-refractivity contribution in [2.45, 2.75) is 76.3 Å². The van der Waals surface area contributed by atoms with E-state index in [0.717, 1.165) is 24.3 Å². The van der Waals surface area contributed by atoms with Crippen molar-refractivity contribution in [1.82, 2.24) is 19.5 Å². The lowest BCUT2D eigenvalue weighted by Crippen LogP contribution is -2.55. The third kappa shape index (κ3) is 6.30. The minimum absolute atomic E-state index is 0.00889. The Bertz CT molecular complexity index is 1690. The van der Waals surface area contributed by atoms with Crippen LogP contribution in [0.1, 0.15) is 39.5 Å². The zero-order valence-electron chi connectivity index (χ0n) is 25.8. The van der Waals surface area contributed by atoms with Crippen LogP contribution in [0.5, 0.6) is 5.75 Å². The van der Waals surface area contributed by atoms with Crippen LogP contribution in [0.3, 0.4) is 0 Å². The van der Waals surface area contributed by atoms with Gasteiger partial charge in [-0.15, -0.1) is 13.2 Å². The smallest absolute Gasteiger partial charge is 0.463 e. The molecule has 0 bridgehead atoms. The molecule has 3 aromatic rings. The van der Waals surface area contributed by atoms with E-state index in [4.69, 9.17) is 41.0 Å². The summed E-state index contributed by atoms with van der Waals surface area (Å²) in [6.45, 7) is 5.47. The molecule has 0 radical (unpaired) electrons. The molecular weight excluding hydrogens is 674 g/mol. The number of anilines is 1. The Morgan fingerprint density at radius 1 is 1.08 bits per heavy atom. The van der Waals surface area contributed by atoms with Gasteiger partial charge >= 0.3 is 24.3 Å². The number of carbonyl (C=O) groups excluding carboxylic acids is 3.